The molecule has 90 valence electrons. The number of nitrogens with zero attached hydrogens (tertiary/aromatic N) is 2. The highest BCUT2D eigenvalue weighted by Gasteiger charge is 2.09. The lowest BCUT2D eigenvalue weighted by Gasteiger charge is -2.03. The average molecular weight is 232 g/mol. The minimum absolute atomic E-state index is 0.246. The number of hydrogen-bond acceptors (Lipinski definition) is 4. The lowest BCUT2D eigenvalue weighted by atomic mass is 10.2. The quantitative estimate of drug-likeness (QED) is 0.812. The van der Waals surface area contributed by atoms with Gasteiger partial charge in [0.05, 0.1) is 0 Å². The summed E-state index contributed by atoms with van der Waals surface area (Å²) in [7, 11) is 0. The molecule has 0 spiro atoms. The van der Waals surface area contributed by atoms with Crippen LogP contribution < -0.4 is 4.74 Å². The van der Waals surface area contributed by atoms with E-state index in [2.05, 4.69) is 10.1 Å². The number of aromatic nitrogens is 2. The van der Waals surface area contributed by atoms with Gasteiger partial charge < -0.3 is 9.26 Å². The van der Waals surface area contributed by atoms with Crippen molar-refractivity contribution in [3.63, 3.8) is 0 Å². The van der Waals surface area contributed by atoms with Crippen LogP contribution in [0.1, 0.15) is 37.0 Å². The third-order valence-electron chi connectivity index (χ3n) is 2.34. The van der Waals surface area contributed by atoms with Crippen LogP contribution in [0.5, 0.6) is 5.75 Å². The molecule has 17 heavy (non-hydrogen) atoms. The Morgan fingerprint density at radius 3 is 2.82 bits per heavy atom. The van der Waals surface area contributed by atoms with Crippen LogP contribution >= 0.6 is 0 Å². The van der Waals surface area contributed by atoms with E-state index in [1.807, 2.05) is 45.0 Å². The van der Waals surface area contributed by atoms with Crippen molar-refractivity contribution in [2.24, 2.45) is 0 Å². The first-order valence-electron chi connectivity index (χ1n) is 5.67. The summed E-state index contributed by atoms with van der Waals surface area (Å²) in [6.07, 6.45) is 0. The van der Waals surface area contributed by atoms with Crippen molar-refractivity contribution < 1.29 is 9.26 Å². The van der Waals surface area contributed by atoms with Crippen molar-refractivity contribution in [3.05, 3.63) is 41.5 Å². The molecule has 1 heterocycles. The maximum absolute atomic E-state index is 5.58. The van der Waals surface area contributed by atoms with Gasteiger partial charge in [0.25, 0.3) is 0 Å². The van der Waals surface area contributed by atoms with Crippen molar-refractivity contribution in [2.75, 3.05) is 0 Å². The van der Waals surface area contributed by atoms with Crippen molar-refractivity contribution in [2.45, 2.75) is 33.3 Å². The van der Waals surface area contributed by atoms with E-state index in [4.69, 9.17) is 9.26 Å². The Kier molecular flexibility index (Phi) is 3.42. The van der Waals surface area contributed by atoms with Crippen molar-refractivity contribution in [1.29, 1.82) is 0 Å². The number of aryl methyl sites for hydroxylation is 1. The van der Waals surface area contributed by atoms with Gasteiger partial charge in [0.1, 0.15) is 5.75 Å². The molecular formula is C13H16N2O2. The number of benzene rings is 1. The molecule has 0 amide bonds. The van der Waals surface area contributed by atoms with Gasteiger partial charge in [-0.05, 0) is 24.6 Å². The lowest BCUT2D eigenvalue weighted by Crippen LogP contribution is -1.98. The Balaban J connectivity index is 1.97. The second kappa shape index (κ2) is 4.99. The molecule has 4 nitrogen and oxygen atoms in total. The maximum Gasteiger partial charge on any atom is 0.229 e. The molecule has 0 aliphatic rings. The van der Waals surface area contributed by atoms with Crippen LogP contribution in [0.4, 0.5) is 0 Å². The molecule has 4 heteroatoms. The Labute approximate surface area is 101 Å². The molecule has 0 bridgehead atoms. The van der Waals surface area contributed by atoms with Crippen LogP contribution in [0.25, 0.3) is 0 Å². The topological polar surface area (TPSA) is 48.2 Å². The molecule has 0 atom stereocenters. The summed E-state index contributed by atoms with van der Waals surface area (Å²) in [5.74, 6) is 2.29. The van der Waals surface area contributed by atoms with Gasteiger partial charge in [0.2, 0.25) is 11.7 Å². The Hall–Kier alpha value is -1.84. The van der Waals surface area contributed by atoms with E-state index in [0.717, 1.165) is 5.75 Å². The van der Waals surface area contributed by atoms with Gasteiger partial charge >= 0.3 is 0 Å². The second-order valence-electron chi connectivity index (χ2n) is 4.31. The summed E-state index contributed by atoms with van der Waals surface area (Å²) >= 11 is 0. The van der Waals surface area contributed by atoms with Crippen LogP contribution in [0.2, 0.25) is 0 Å². The fourth-order valence-corrected chi connectivity index (χ4v) is 1.41. The van der Waals surface area contributed by atoms with Gasteiger partial charge in [0.15, 0.2) is 6.61 Å². The highest BCUT2D eigenvalue weighted by molar-refractivity contribution is 5.27. The summed E-state index contributed by atoms with van der Waals surface area (Å²) in [5, 5.41) is 3.86. The van der Waals surface area contributed by atoms with Gasteiger partial charge in [-0.15, -0.1) is 0 Å². The van der Waals surface area contributed by atoms with Gasteiger partial charge in [-0.3, -0.25) is 0 Å². The van der Waals surface area contributed by atoms with Gasteiger partial charge in [-0.2, -0.15) is 4.98 Å². The summed E-state index contributed by atoms with van der Waals surface area (Å²) < 4.78 is 10.7. The van der Waals surface area contributed by atoms with Gasteiger partial charge in [0, 0.05) is 5.92 Å². The van der Waals surface area contributed by atoms with Crippen LogP contribution in [0.15, 0.2) is 28.8 Å². The first kappa shape index (κ1) is 11.6. The zero-order valence-electron chi connectivity index (χ0n) is 10.3. The van der Waals surface area contributed by atoms with Crippen LogP contribution in [0.3, 0.4) is 0 Å². The number of hydrogen-bond donors (Lipinski definition) is 0. The Bertz CT molecular complexity index is 492. The molecule has 0 aliphatic carbocycles. The molecule has 2 rings (SSSR count). The van der Waals surface area contributed by atoms with E-state index in [1.54, 1.807) is 0 Å². The van der Waals surface area contributed by atoms with Gasteiger partial charge in [-0.1, -0.05) is 31.1 Å². The first-order chi connectivity index (χ1) is 8.15. The lowest BCUT2D eigenvalue weighted by molar-refractivity contribution is 0.284. The van der Waals surface area contributed by atoms with E-state index in [-0.39, 0.29) is 5.92 Å². The zero-order chi connectivity index (χ0) is 12.3. The van der Waals surface area contributed by atoms with Crippen LogP contribution in [-0.4, -0.2) is 10.1 Å². The normalized spacial score (nSPS) is 10.8. The molecule has 1 aromatic carbocycles. The van der Waals surface area contributed by atoms with Gasteiger partial charge in [-0.25, -0.2) is 0 Å². The molecule has 0 saturated carbocycles. The molecule has 0 aliphatic heterocycles. The molecule has 2 aromatic rings. The van der Waals surface area contributed by atoms with Crippen molar-refractivity contribution >= 4 is 0 Å². The average Bonchev–Trinajstić information content (AvgIpc) is 2.75. The molecule has 1 aromatic heterocycles. The highest BCUT2D eigenvalue weighted by atomic mass is 16.5. The largest absolute Gasteiger partial charge is 0.485 e. The molecule has 0 radical (unpaired) electrons. The van der Waals surface area contributed by atoms with Crippen LogP contribution in [-0.2, 0) is 6.61 Å². The van der Waals surface area contributed by atoms with Crippen LogP contribution in [0, 0.1) is 6.92 Å². The fraction of sp³-hybridized carbons (Fsp3) is 0.385. The predicted molar refractivity (Wildman–Crippen MR) is 63.9 cm³/mol. The smallest absolute Gasteiger partial charge is 0.229 e. The minimum atomic E-state index is 0.246. The Morgan fingerprint density at radius 1 is 1.35 bits per heavy atom. The summed E-state index contributed by atoms with van der Waals surface area (Å²) in [5.41, 5.74) is 1.17. The third-order valence-corrected chi connectivity index (χ3v) is 2.34. The van der Waals surface area contributed by atoms with E-state index in [9.17, 15) is 0 Å². The van der Waals surface area contributed by atoms with Crippen molar-refractivity contribution in [1.82, 2.24) is 10.1 Å². The monoisotopic (exact) mass is 232 g/mol. The molecule has 0 saturated heterocycles. The van der Waals surface area contributed by atoms with E-state index < -0.39 is 0 Å². The first-order valence-corrected chi connectivity index (χ1v) is 5.67. The SMILES string of the molecule is Cc1cccc(OCc2noc(C(C)C)n2)c1. The fourth-order valence-electron chi connectivity index (χ4n) is 1.41. The molecule has 0 unspecified atom stereocenters. The number of rotatable bonds is 4. The van der Waals surface area contributed by atoms with E-state index >= 15 is 0 Å². The summed E-state index contributed by atoms with van der Waals surface area (Å²) in [6.45, 7) is 6.38. The molecular weight excluding hydrogens is 216 g/mol. The van der Waals surface area contributed by atoms with E-state index in [1.165, 1.54) is 5.56 Å². The summed E-state index contributed by atoms with van der Waals surface area (Å²) in [4.78, 5) is 4.24. The van der Waals surface area contributed by atoms with E-state index in [0.29, 0.717) is 18.3 Å². The second-order valence-corrected chi connectivity index (χ2v) is 4.31. The zero-order valence-corrected chi connectivity index (χ0v) is 10.3. The summed E-state index contributed by atoms with van der Waals surface area (Å²) in [6, 6.07) is 7.87. The third kappa shape index (κ3) is 3.06. The maximum atomic E-state index is 5.58. The highest BCUT2D eigenvalue weighted by Crippen LogP contribution is 2.15. The number of ether oxygens (including phenoxy) is 1. The predicted octanol–water partition coefficient (Wildman–Crippen LogP) is 3.08. The molecule has 0 fully saturated rings. The standard InChI is InChI=1S/C13H16N2O2/c1-9(2)13-14-12(15-17-13)8-16-11-6-4-5-10(3)7-11/h4-7,9H,8H2,1-3H3. The van der Waals surface area contributed by atoms with Crippen molar-refractivity contribution in [3.8, 4) is 5.75 Å². The Morgan fingerprint density at radius 2 is 2.18 bits per heavy atom. The molecule has 0 N–H and O–H groups in total. The minimum Gasteiger partial charge on any atom is -0.485 e.